The first-order valence-electron chi connectivity index (χ1n) is 10.6. The van der Waals surface area contributed by atoms with Gasteiger partial charge < -0.3 is 9.64 Å². The summed E-state index contributed by atoms with van der Waals surface area (Å²) in [7, 11) is 5.42. The number of rotatable bonds is 8. The fourth-order valence-corrected chi connectivity index (χ4v) is 3.00. The molecule has 3 rings (SSSR count). The Morgan fingerprint density at radius 1 is 0.824 bits per heavy atom. The Morgan fingerprint density at radius 2 is 1.38 bits per heavy atom. The van der Waals surface area contributed by atoms with E-state index in [1.165, 1.54) is 12.4 Å². The highest BCUT2D eigenvalue weighted by molar-refractivity contribution is 5.96. The quantitative estimate of drug-likeness (QED) is 0.399. The van der Waals surface area contributed by atoms with Crippen LogP contribution in [0.1, 0.15) is 37.4 Å². The first-order valence-corrected chi connectivity index (χ1v) is 10.6. The van der Waals surface area contributed by atoms with E-state index in [9.17, 15) is 9.59 Å². The van der Waals surface area contributed by atoms with Crippen LogP contribution in [0.4, 0.5) is 5.69 Å². The average molecular weight is 458 g/mol. The zero-order valence-electron chi connectivity index (χ0n) is 19.6. The van der Waals surface area contributed by atoms with Crippen molar-refractivity contribution in [2.45, 2.75) is 6.92 Å². The number of benzene rings is 3. The number of carbonyl (C=O) groups excluding carboxylic acids is 2. The van der Waals surface area contributed by atoms with Crippen LogP contribution in [-0.4, -0.2) is 45.4 Å². The summed E-state index contributed by atoms with van der Waals surface area (Å²) < 4.78 is 5.36. The molecule has 0 bridgehead atoms. The number of nitrogens with one attached hydrogen (secondary N) is 2. The number of amides is 2. The first-order chi connectivity index (χ1) is 16.4. The minimum absolute atomic E-state index is 0.310. The summed E-state index contributed by atoms with van der Waals surface area (Å²) in [5.41, 5.74) is 9.48. The molecule has 34 heavy (non-hydrogen) atoms. The number of nitrogens with zero attached hydrogens (tertiary/aromatic N) is 3. The van der Waals surface area contributed by atoms with Gasteiger partial charge in [0, 0.05) is 36.5 Å². The maximum atomic E-state index is 12.3. The first kappa shape index (κ1) is 24.2. The normalized spacial score (nSPS) is 10.9. The second-order valence-electron chi connectivity index (χ2n) is 7.71. The largest absolute Gasteiger partial charge is 0.496 e. The summed E-state index contributed by atoms with van der Waals surface area (Å²) >= 11 is 0. The van der Waals surface area contributed by atoms with E-state index < -0.39 is 0 Å². The molecule has 0 radical (unpaired) electrons. The van der Waals surface area contributed by atoms with Gasteiger partial charge in [0.1, 0.15) is 5.75 Å². The molecule has 2 N–H and O–H groups in total. The molecule has 0 saturated carbocycles. The molecule has 8 heteroatoms. The van der Waals surface area contributed by atoms with Gasteiger partial charge in [-0.1, -0.05) is 17.7 Å². The summed E-state index contributed by atoms with van der Waals surface area (Å²) in [5.74, 6) is -0.0413. The Bertz CT molecular complexity index is 1200. The molecule has 0 aliphatic heterocycles. The van der Waals surface area contributed by atoms with Crippen LogP contribution in [0.3, 0.4) is 0 Å². The molecule has 0 aromatic heterocycles. The van der Waals surface area contributed by atoms with Gasteiger partial charge in [-0.2, -0.15) is 10.2 Å². The second-order valence-corrected chi connectivity index (χ2v) is 7.71. The zero-order valence-corrected chi connectivity index (χ0v) is 19.6. The Kier molecular flexibility index (Phi) is 8.12. The fourth-order valence-electron chi connectivity index (χ4n) is 3.00. The third-order valence-electron chi connectivity index (χ3n) is 4.96. The standard InChI is InChI=1S/C26H27N5O3/c1-18-5-8-20(9-6-18)25(32)30-28-17-22-15-19(7-14-24(22)34-4)16-27-29-26(33)21-10-12-23(13-11-21)31(2)3/h5-17H,1-4H3,(H,29,33)(H,30,32)/b27-16+,28-17+. The van der Waals surface area contributed by atoms with Crippen molar-refractivity contribution in [2.24, 2.45) is 10.2 Å². The number of aryl methyl sites for hydroxylation is 1. The summed E-state index contributed by atoms with van der Waals surface area (Å²) in [6.07, 6.45) is 3.01. The Hall–Kier alpha value is -4.46. The van der Waals surface area contributed by atoms with Gasteiger partial charge in [0.05, 0.1) is 19.5 Å². The summed E-state index contributed by atoms with van der Waals surface area (Å²) in [5, 5.41) is 8.07. The van der Waals surface area contributed by atoms with Crippen molar-refractivity contribution < 1.29 is 14.3 Å². The monoisotopic (exact) mass is 457 g/mol. The van der Waals surface area contributed by atoms with Gasteiger partial charge in [0.15, 0.2) is 0 Å². The average Bonchev–Trinajstić information content (AvgIpc) is 2.84. The van der Waals surface area contributed by atoms with Crippen molar-refractivity contribution in [1.82, 2.24) is 10.9 Å². The number of hydrazone groups is 2. The van der Waals surface area contributed by atoms with E-state index >= 15 is 0 Å². The molecule has 0 unspecified atom stereocenters. The van der Waals surface area contributed by atoms with Gasteiger partial charge in [-0.25, -0.2) is 10.9 Å². The SMILES string of the molecule is COc1ccc(/C=N/NC(=O)c2ccc(N(C)C)cc2)cc1/C=N/NC(=O)c1ccc(C)cc1. The number of anilines is 1. The highest BCUT2D eigenvalue weighted by Crippen LogP contribution is 2.17. The fraction of sp³-hybridized carbons (Fsp3) is 0.154. The molecule has 0 saturated heterocycles. The third-order valence-corrected chi connectivity index (χ3v) is 4.96. The van der Waals surface area contributed by atoms with Crippen molar-refractivity contribution in [2.75, 3.05) is 26.1 Å². The number of hydrogen-bond donors (Lipinski definition) is 2. The molecule has 2 amide bonds. The molecular weight excluding hydrogens is 430 g/mol. The van der Waals surface area contributed by atoms with Crippen LogP contribution in [0.25, 0.3) is 0 Å². The summed E-state index contributed by atoms with van der Waals surface area (Å²) in [6, 6.07) is 19.8. The lowest BCUT2D eigenvalue weighted by Crippen LogP contribution is -2.18. The molecular formula is C26H27N5O3. The smallest absolute Gasteiger partial charge is 0.271 e. The van der Waals surface area contributed by atoms with Crippen LogP contribution in [0.5, 0.6) is 5.75 Å². The van der Waals surface area contributed by atoms with Crippen LogP contribution >= 0.6 is 0 Å². The number of carbonyl (C=O) groups is 2. The van der Waals surface area contributed by atoms with Gasteiger partial charge >= 0.3 is 0 Å². The van der Waals surface area contributed by atoms with Crippen molar-refractivity contribution in [3.05, 3.63) is 94.5 Å². The highest BCUT2D eigenvalue weighted by Gasteiger charge is 2.06. The predicted molar refractivity (Wildman–Crippen MR) is 135 cm³/mol. The molecule has 174 valence electrons. The van der Waals surface area contributed by atoms with Gasteiger partial charge in [-0.05, 0) is 67.1 Å². The summed E-state index contributed by atoms with van der Waals surface area (Å²) in [6.45, 7) is 1.95. The van der Waals surface area contributed by atoms with E-state index in [2.05, 4.69) is 21.1 Å². The molecule has 0 atom stereocenters. The van der Waals surface area contributed by atoms with E-state index in [1.807, 2.05) is 50.2 Å². The Morgan fingerprint density at radius 3 is 1.94 bits per heavy atom. The van der Waals surface area contributed by atoms with Crippen molar-refractivity contribution in [3.8, 4) is 5.75 Å². The Labute approximate surface area is 198 Å². The maximum Gasteiger partial charge on any atom is 0.271 e. The summed E-state index contributed by atoms with van der Waals surface area (Å²) in [4.78, 5) is 26.5. The van der Waals surface area contributed by atoms with E-state index in [1.54, 1.807) is 49.6 Å². The molecule has 0 heterocycles. The number of methoxy groups -OCH3 is 1. The number of hydrogen-bond acceptors (Lipinski definition) is 6. The predicted octanol–water partition coefficient (Wildman–Crippen LogP) is 3.60. The molecule has 8 nitrogen and oxygen atoms in total. The van der Waals surface area contributed by atoms with Gasteiger partial charge in [-0.15, -0.1) is 0 Å². The lowest BCUT2D eigenvalue weighted by atomic mass is 10.1. The Balaban J connectivity index is 1.64. The van der Waals surface area contributed by atoms with Gasteiger partial charge in [0.25, 0.3) is 11.8 Å². The van der Waals surface area contributed by atoms with Crippen molar-refractivity contribution in [3.63, 3.8) is 0 Å². The van der Waals surface area contributed by atoms with Crippen LogP contribution in [-0.2, 0) is 0 Å². The molecule has 3 aromatic carbocycles. The maximum absolute atomic E-state index is 12.3. The highest BCUT2D eigenvalue weighted by atomic mass is 16.5. The minimum Gasteiger partial charge on any atom is -0.496 e. The van der Waals surface area contributed by atoms with Crippen LogP contribution < -0.4 is 20.5 Å². The lowest BCUT2D eigenvalue weighted by molar-refractivity contribution is 0.0947. The van der Waals surface area contributed by atoms with Crippen LogP contribution in [0, 0.1) is 6.92 Å². The van der Waals surface area contributed by atoms with Gasteiger partial charge in [0.2, 0.25) is 0 Å². The zero-order chi connectivity index (χ0) is 24.5. The van der Waals surface area contributed by atoms with E-state index in [0.29, 0.717) is 22.4 Å². The van der Waals surface area contributed by atoms with Crippen LogP contribution in [0.2, 0.25) is 0 Å². The van der Waals surface area contributed by atoms with E-state index in [0.717, 1.165) is 16.8 Å². The second kappa shape index (κ2) is 11.4. The van der Waals surface area contributed by atoms with Crippen molar-refractivity contribution >= 4 is 29.9 Å². The molecule has 0 aliphatic rings. The molecule has 0 spiro atoms. The van der Waals surface area contributed by atoms with Gasteiger partial charge in [-0.3, -0.25) is 9.59 Å². The van der Waals surface area contributed by atoms with Crippen LogP contribution in [0.15, 0.2) is 76.9 Å². The molecule has 0 fully saturated rings. The molecule has 3 aromatic rings. The number of ether oxygens (including phenoxy) is 1. The van der Waals surface area contributed by atoms with E-state index in [-0.39, 0.29) is 11.8 Å². The third kappa shape index (κ3) is 6.52. The van der Waals surface area contributed by atoms with Crippen molar-refractivity contribution in [1.29, 1.82) is 0 Å². The minimum atomic E-state index is -0.311. The topological polar surface area (TPSA) is 95.4 Å². The molecule has 0 aliphatic carbocycles. The lowest BCUT2D eigenvalue weighted by Gasteiger charge is -2.12. The van der Waals surface area contributed by atoms with E-state index in [4.69, 9.17) is 4.74 Å².